The summed E-state index contributed by atoms with van der Waals surface area (Å²) in [7, 11) is 0. The van der Waals surface area contributed by atoms with Crippen LogP contribution < -0.4 is 5.32 Å². The Morgan fingerprint density at radius 1 is 1.24 bits per heavy atom. The molecule has 1 fully saturated rings. The van der Waals surface area contributed by atoms with Gasteiger partial charge in [0.25, 0.3) is 5.91 Å². The Labute approximate surface area is 127 Å². The Balaban J connectivity index is 1.78. The van der Waals surface area contributed by atoms with Crippen LogP contribution in [0.25, 0.3) is 10.8 Å². The molecule has 1 aliphatic heterocycles. The number of carbonyl (C=O) groups is 1. The lowest BCUT2D eigenvalue weighted by Gasteiger charge is -2.35. The second-order valence-corrected chi connectivity index (χ2v) is 6.31. The molecule has 7 heteroatoms. The average molecular weight is 303 g/mol. The predicted molar refractivity (Wildman–Crippen MR) is 81.1 cm³/mol. The van der Waals surface area contributed by atoms with E-state index in [2.05, 4.69) is 34.1 Å². The Morgan fingerprint density at radius 2 is 1.90 bits per heavy atom. The highest BCUT2D eigenvalue weighted by Crippen LogP contribution is 2.23. The first kappa shape index (κ1) is 14.1. The Morgan fingerprint density at radius 3 is 2.57 bits per heavy atom. The highest BCUT2D eigenvalue weighted by atomic mass is 32.1. The number of amides is 1. The molecule has 0 saturated carbocycles. The number of carbonyl (C=O) groups excluding carboxylic acids is 1. The standard InChI is InChI=1S/C14H17N5OS/c1-9-7-19(8-10(2)18-9)14(20)11-6-17-13(21-11)12-15-4-3-5-16-12/h3-6,9-10,18H,7-8H2,1-2H3/t9-,10-/m0/s1. The van der Waals surface area contributed by atoms with E-state index in [0.29, 0.717) is 27.8 Å². The zero-order valence-corrected chi connectivity index (χ0v) is 12.8. The second kappa shape index (κ2) is 5.87. The maximum Gasteiger partial charge on any atom is 0.265 e. The van der Waals surface area contributed by atoms with E-state index < -0.39 is 0 Å². The lowest BCUT2D eigenvalue weighted by atomic mass is 10.1. The average Bonchev–Trinajstić information content (AvgIpc) is 2.96. The summed E-state index contributed by atoms with van der Waals surface area (Å²) in [6.45, 7) is 5.62. The van der Waals surface area contributed by atoms with Crippen molar-refractivity contribution < 1.29 is 4.79 Å². The van der Waals surface area contributed by atoms with Gasteiger partial charge in [0.2, 0.25) is 0 Å². The molecule has 21 heavy (non-hydrogen) atoms. The first-order valence-electron chi connectivity index (χ1n) is 6.92. The Bertz CT molecular complexity index is 619. The lowest BCUT2D eigenvalue weighted by Crippen LogP contribution is -2.55. The smallest absolute Gasteiger partial charge is 0.265 e. The topological polar surface area (TPSA) is 71.0 Å². The van der Waals surface area contributed by atoms with E-state index in [4.69, 9.17) is 0 Å². The quantitative estimate of drug-likeness (QED) is 0.908. The van der Waals surface area contributed by atoms with Crippen LogP contribution in [0.15, 0.2) is 24.7 Å². The fourth-order valence-electron chi connectivity index (χ4n) is 2.53. The summed E-state index contributed by atoms with van der Waals surface area (Å²) in [5.74, 6) is 0.596. The number of hydrogen-bond acceptors (Lipinski definition) is 6. The van der Waals surface area contributed by atoms with E-state index >= 15 is 0 Å². The minimum atomic E-state index is 0.0369. The van der Waals surface area contributed by atoms with Gasteiger partial charge in [0, 0.05) is 37.6 Å². The van der Waals surface area contributed by atoms with Gasteiger partial charge in [-0.25, -0.2) is 15.0 Å². The fraction of sp³-hybridized carbons (Fsp3) is 0.429. The SMILES string of the molecule is C[C@H]1CN(C(=O)c2cnc(-c3ncccn3)s2)C[C@H](C)N1. The normalized spacial score (nSPS) is 22.3. The number of aromatic nitrogens is 3. The molecule has 0 aromatic carbocycles. The fourth-order valence-corrected chi connectivity index (χ4v) is 3.37. The van der Waals surface area contributed by atoms with Crippen LogP contribution in [0.1, 0.15) is 23.5 Å². The summed E-state index contributed by atoms with van der Waals surface area (Å²) >= 11 is 1.34. The monoisotopic (exact) mass is 303 g/mol. The van der Waals surface area contributed by atoms with E-state index in [1.165, 1.54) is 11.3 Å². The van der Waals surface area contributed by atoms with E-state index in [1.807, 2.05) is 4.90 Å². The van der Waals surface area contributed by atoms with Crippen LogP contribution in [0.5, 0.6) is 0 Å². The number of nitrogens with zero attached hydrogens (tertiary/aromatic N) is 4. The Hall–Kier alpha value is -1.86. The molecule has 0 aliphatic carbocycles. The third-order valence-corrected chi connectivity index (χ3v) is 4.30. The van der Waals surface area contributed by atoms with Crippen molar-refractivity contribution in [2.45, 2.75) is 25.9 Å². The molecule has 0 radical (unpaired) electrons. The largest absolute Gasteiger partial charge is 0.335 e. The number of piperazine rings is 1. The van der Waals surface area contributed by atoms with Gasteiger partial charge in [0.15, 0.2) is 10.8 Å². The number of nitrogens with one attached hydrogen (secondary N) is 1. The van der Waals surface area contributed by atoms with Crippen molar-refractivity contribution >= 4 is 17.2 Å². The van der Waals surface area contributed by atoms with Gasteiger partial charge in [-0.15, -0.1) is 11.3 Å². The summed E-state index contributed by atoms with van der Waals surface area (Å²) < 4.78 is 0. The second-order valence-electron chi connectivity index (χ2n) is 5.28. The zero-order valence-electron chi connectivity index (χ0n) is 12.0. The van der Waals surface area contributed by atoms with Crippen LogP contribution in [0, 0.1) is 0 Å². The molecule has 1 amide bonds. The molecule has 3 rings (SSSR count). The lowest BCUT2D eigenvalue weighted by molar-refractivity contribution is 0.0678. The third-order valence-electron chi connectivity index (χ3n) is 3.32. The van der Waals surface area contributed by atoms with Gasteiger partial charge in [-0.1, -0.05) is 0 Å². The molecule has 2 aromatic rings. The van der Waals surface area contributed by atoms with Crippen molar-refractivity contribution in [2.75, 3.05) is 13.1 Å². The summed E-state index contributed by atoms with van der Waals surface area (Å²) in [5.41, 5.74) is 0. The maximum absolute atomic E-state index is 12.6. The van der Waals surface area contributed by atoms with Crippen molar-refractivity contribution in [3.05, 3.63) is 29.5 Å². The Kier molecular flexibility index (Phi) is 3.94. The van der Waals surface area contributed by atoms with Crippen LogP contribution in [-0.2, 0) is 0 Å². The summed E-state index contributed by atoms with van der Waals surface area (Å²) in [6, 6.07) is 2.37. The van der Waals surface area contributed by atoms with E-state index in [9.17, 15) is 4.79 Å². The van der Waals surface area contributed by atoms with E-state index in [-0.39, 0.29) is 5.91 Å². The first-order chi connectivity index (χ1) is 10.1. The minimum Gasteiger partial charge on any atom is -0.335 e. The first-order valence-corrected chi connectivity index (χ1v) is 7.73. The molecule has 0 bridgehead atoms. The van der Waals surface area contributed by atoms with Crippen LogP contribution in [-0.4, -0.2) is 50.9 Å². The van der Waals surface area contributed by atoms with Gasteiger partial charge in [-0.3, -0.25) is 4.79 Å². The molecule has 2 atom stereocenters. The van der Waals surface area contributed by atoms with Crippen LogP contribution in [0.3, 0.4) is 0 Å². The molecular formula is C14H17N5OS. The zero-order chi connectivity index (χ0) is 14.8. The maximum atomic E-state index is 12.6. The van der Waals surface area contributed by atoms with Crippen molar-refractivity contribution in [1.29, 1.82) is 0 Å². The van der Waals surface area contributed by atoms with Crippen LogP contribution >= 0.6 is 11.3 Å². The van der Waals surface area contributed by atoms with Crippen LogP contribution in [0.2, 0.25) is 0 Å². The van der Waals surface area contributed by atoms with E-state index in [0.717, 1.165) is 13.1 Å². The number of thiazole rings is 1. The van der Waals surface area contributed by atoms with Gasteiger partial charge < -0.3 is 10.2 Å². The molecular weight excluding hydrogens is 286 g/mol. The predicted octanol–water partition coefficient (Wildman–Crippen LogP) is 1.42. The molecule has 3 heterocycles. The molecule has 0 spiro atoms. The molecule has 2 aromatic heterocycles. The van der Waals surface area contributed by atoms with E-state index in [1.54, 1.807) is 24.7 Å². The van der Waals surface area contributed by atoms with Gasteiger partial charge in [0.1, 0.15) is 4.88 Å². The van der Waals surface area contributed by atoms with Crippen molar-refractivity contribution in [1.82, 2.24) is 25.2 Å². The molecule has 6 nitrogen and oxygen atoms in total. The van der Waals surface area contributed by atoms with Gasteiger partial charge in [0.05, 0.1) is 6.20 Å². The molecule has 1 N–H and O–H groups in total. The summed E-state index contributed by atoms with van der Waals surface area (Å²) in [4.78, 5) is 27.7. The number of rotatable bonds is 2. The molecule has 0 unspecified atom stereocenters. The highest BCUT2D eigenvalue weighted by Gasteiger charge is 2.26. The van der Waals surface area contributed by atoms with Gasteiger partial charge in [-0.2, -0.15) is 0 Å². The summed E-state index contributed by atoms with van der Waals surface area (Å²) in [6.07, 6.45) is 4.96. The van der Waals surface area contributed by atoms with Gasteiger partial charge in [-0.05, 0) is 19.9 Å². The number of hydrogen-bond donors (Lipinski definition) is 1. The summed E-state index contributed by atoms with van der Waals surface area (Å²) in [5, 5.41) is 4.10. The molecule has 1 aliphatic rings. The highest BCUT2D eigenvalue weighted by molar-refractivity contribution is 7.16. The van der Waals surface area contributed by atoms with Gasteiger partial charge >= 0.3 is 0 Å². The van der Waals surface area contributed by atoms with Crippen LogP contribution in [0.4, 0.5) is 0 Å². The molecule has 1 saturated heterocycles. The van der Waals surface area contributed by atoms with Crippen molar-refractivity contribution in [3.63, 3.8) is 0 Å². The van der Waals surface area contributed by atoms with Crippen molar-refractivity contribution in [3.8, 4) is 10.8 Å². The minimum absolute atomic E-state index is 0.0369. The van der Waals surface area contributed by atoms with Crippen molar-refractivity contribution in [2.24, 2.45) is 0 Å². The third kappa shape index (κ3) is 3.08. The molecule has 110 valence electrons.